The molecule has 1 aromatic rings. The summed E-state index contributed by atoms with van der Waals surface area (Å²) in [6.45, 7) is 2.51. The van der Waals surface area contributed by atoms with Crippen molar-refractivity contribution >= 4 is 17.5 Å². The van der Waals surface area contributed by atoms with E-state index in [0.29, 0.717) is 12.2 Å². The number of nitrogens with one attached hydrogen (secondary N) is 1. The Hall–Kier alpha value is -1.95. The van der Waals surface area contributed by atoms with Crippen LogP contribution in [0.1, 0.15) is 25.0 Å². The van der Waals surface area contributed by atoms with E-state index in [1.54, 1.807) is 23.2 Å². The minimum absolute atomic E-state index is 0.0556. The number of hydrogen-bond acceptors (Lipinski definition) is 4. The van der Waals surface area contributed by atoms with Gasteiger partial charge in [0.2, 0.25) is 5.91 Å². The van der Waals surface area contributed by atoms with Gasteiger partial charge in [-0.15, -0.1) is 0 Å². The fraction of sp³-hybridized carbons (Fsp3) is 0.533. The number of aryl methyl sites for hydroxylation is 1. The van der Waals surface area contributed by atoms with Crippen molar-refractivity contribution in [1.82, 2.24) is 9.88 Å². The molecule has 1 aromatic heterocycles. The molecule has 6 nitrogen and oxygen atoms in total. The van der Waals surface area contributed by atoms with E-state index in [-0.39, 0.29) is 18.4 Å². The molecule has 0 spiro atoms. The summed E-state index contributed by atoms with van der Waals surface area (Å²) >= 11 is 0. The average Bonchev–Trinajstić information content (AvgIpc) is 2.61. The summed E-state index contributed by atoms with van der Waals surface area (Å²) in [7, 11) is 1.53. The van der Waals surface area contributed by atoms with Crippen LogP contribution in [0.25, 0.3) is 0 Å². The zero-order chi connectivity index (χ0) is 15.2. The van der Waals surface area contributed by atoms with Crippen LogP contribution >= 0.6 is 0 Å². The van der Waals surface area contributed by atoms with Crippen LogP contribution in [-0.2, 0) is 14.3 Å². The van der Waals surface area contributed by atoms with Gasteiger partial charge in [-0.05, 0) is 38.3 Å². The van der Waals surface area contributed by atoms with Gasteiger partial charge in [0, 0.05) is 31.2 Å². The third-order valence-corrected chi connectivity index (χ3v) is 3.53. The van der Waals surface area contributed by atoms with Gasteiger partial charge in [0.25, 0.3) is 5.91 Å². The fourth-order valence-corrected chi connectivity index (χ4v) is 2.44. The number of likely N-dealkylation sites (tertiary alicyclic amines) is 1. The number of amides is 2. The largest absolute Gasteiger partial charge is 0.372 e. The summed E-state index contributed by atoms with van der Waals surface area (Å²) in [5, 5.41) is 2.79. The van der Waals surface area contributed by atoms with Crippen LogP contribution in [0, 0.1) is 6.92 Å². The number of pyridine rings is 1. The molecule has 0 aromatic carbocycles. The standard InChI is InChI=1S/C15H21N3O3/c1-11-9-12(6-7-16-11)17-14(19)10-18-8-4-3-5-13(21-2)15(18)20/h6-7,9,13H,3-5,8,10H2,1-2H3,(H,16,17,19). The molecule has 2 heterocycles. The van der Waals surface area contributed by atoms with Gasteiger partial charge in [0.05, 0.1) is 6.54 Å². The van der Waals surface area contributed by atoms with E-state index in [9.17, 15) is 9.59 Å². The van der Waals surface area contributed by atoms with Crippen LogP contribution < -0.4 is 5.32 Å². The normalized spacial score (nSPS) is 19.2. The van der Waals surface area contributed by atoms with Crippen molar-refractivity contribution in [3.8, 4) is 0 Å². The molecule has 6 heteroatoms. The number of methoxy groups -OCH3 is 1. The molecule has 2 rings (SSSR count). The third kappa shape index (κ3) is 4.26. The van der Waals surface area contributed by atoms with E-state index in [1.165, 1.54) is 7.11 Å². The van der Waals surface area contributed by atoms with Gasteiger partial charge in [0.1, 0.15) is 6.10 Å². The zero-order valence-electron chi connectivity index (χ0n) is 12.5. The summed E-state index contributed by atoms with van der Waals surface area (Å²) in [5.41, 5.74) is 1.52. The molecular formula is C15H21N3O3. The van der Waals surface area contributed by atoms with E-state index >= 15 is 0 Å². The summed E-state index contributed by atoms with van der Waals surface area (Å²) in [6, 6.07) is 3.52. The van der Waals surface area contributed by atoms with E-state index in [0.717, 1.165) is 25.0 Å². The zero-order valence-corrected chi connectivity index (χ0v) is 12.5. The number of carbonyl (C=O) groups excluding carboxylic acids is 2. The molecule has 1 aliphatic heterocycles. The van der Waals surface area contributed by atoms with Gasteiger partial charge in [-0.2, -0.15) is 0 Å². The van der Waals surface area contributed by atoms with Crippen molar-refractivity contribution in [2.45, 2.75) is 32.3 Å². The van der Waals surface area contributed by atoms with Crippen LogP contribution in [0.2, 0.25) is 0 Å². The molecule has 1 unspecified atom stereocenters. The third-order valence-electron chi connectivity index (χ3n) is 3.53. The lowest BCUT2D eigenvalue weighted by molar-refractivity contribution is -0.143. The highest BCUT2D eigenvalue weighted by molar-refractivity contribution is 5.95. The van der Waals surface area contributed by atoms with Crippen LogP contribution in [-0.4, -0.2) is 48.0 Å². The molecule has 0 saturated carbocycles. The van der Waals surface area contributed by atoms with Crippen LogP contribution in [0.4, 0.5) is 5.69 Å². The SMILES string of the molecule is COC1CCCCN(CC(=O)Nc2ccnc(C)c2)C1=O. The first-order valence-electron chi connectivity index (χ1n) is 7.14. The van der Waals surface area contributed by atoms with Gasteiger partial charge in [-0.3, -0.25) is 14.6 Å². The average molecular weight is 291 g/mol. The molecule has 1 N–H and O–H groups in total. The summed E-state index contributed by atoms with van der Waals surface area (Å²) in [5.74, 6) is -0.304. The number of hydrogen-bond donors (Lipinski definition) is 1. The Morgan fingerprint density at radius 3 is 3.05 bits per heavy atom. The highest BCUT2D eigenvalue weighted by atomic mass is 16.5. The van der Waals surface area contributed by atoms with Gasteiger partial charge in [-0.1, -0.05) is 0 Å². The minimum atomic E-state index is -0.427. The smallest absolute Gasteiger partial charge is 0.252 e. The highest BCUT2D eigenvalue weighted by Gasteiger charge is 2.27. The van der Waals surface area contributed by atoms with Gasteiger partial charge in [0.15, 0.2) is 0 Å². The molecule has 1 saturated heterocycles. The van der Waals surface area contributed by atoms with Gasteiger partial charge >= 0.3 is 0 Å². The molecule has 0 bridgehead atoms. The molecule has 1 aliphatic rings. The summed E-state index contributed by atoms with van der Waals surface area (Å²) < 4.78 is 5.20. The van der Waals surface area contributed by atoms with Crippen molar-refractivity contribution < 1.29 is 14.3 Å². The number of nitrogens with zero attached hydrogens (tertiary/aromatic N) is 2. The maximum absolute atomic E-state index is 12.2. The molecule has 21 heavy (non-hydrogen) atoms. The Labute approximate surface area is 124 Å². The second-order valence-electron chi connectivity index (χ2n) is 5.21. The predicted molar refractivity (Wildman–Crippen MR) is 78.8 cm³/mol. The Bertz CT molecular complexity index is 519. The maximum atomic E-state index is 12.2. The Kier molecular flexibility index (Phi) is 5.27. The second-order valence-corrected chi connectivity index (χ2v) is 5.21. The second kappa shape index (κ2) is 7.17. The first-order chi connectivity index (χ1) is 10.1. The lowest BCUT2D eigenvalue weighted by Gasteiger charge is -2.23. The quantitative estimate of drug-likeness (QED) is 0.909. The van der Waals surface area contributed by atoms with Crippen molar-refractivity contribution in [1.29, 1.82) is 0 Å². The Morgan fingerprint density at radius 2 is 2.33 bits per heavy atom. The lowest BCUT2D eigenvalue weighted by atomic mass is 10.2. The van der Waals surface area contributed by atoms with Gasteiger partial charge < -0.3 is 15.0 Å². The van der Waals surface area contributed by atoms with Crippen molar-refractivity contribution in [2.75, 3.05) is 25.5 Å². The van der Waals surface area contributed by atoms with Crippen molar-refractivity contribution in [3.63, 3.8) is 0 Å². The van der Waals surface area contributed by atoms with E-state index < -0.39 is 6.10 Å². The Morgan fingerprint density at radius 1 is 1.52 bits per heavy atom. The first-order valence-corrected chi connectivity index (χ1v) is 7.14. The number of aromatic nitrogens is 1. The van der Waals surface area contributed by atoms with Crippen LogP contribution in [0.15, 0.2) is 18.3 Å². The molecule has 0 aliphatic carbocycles. The molecule has 2 amide bonds. The number of anilines is 1. The molecule has 1 atom stereocenters. The monoisotopic (exact) mass is 291 g/mol. The van der Waals surface area contributed by atoms with E-state index in [4.69, 9.17) is 4.74 Å². The van der Waals surface area contributed by atoms with Crippen molar-refractivity contribution in [2.24, 2.45) is 0 Å². The maximum Gasteiger partial charge on any atom is 0.252 e. The molecular weight excluding hydrogens is 270 g/mol. The van der Waals surface area contributed by atoms with Crippen molar-refractivity contribution in [3.05, 3.63) is 24.0 Å². The molecule has 1 fully saturated rings. The molecule has 0 radical (unpaired) electrons. The van der Waals surface area contributed by atoms with Crippen LogP contribution in [0.5, 0.6) is 0 Å². The summed E-state index contributed by atoms with van der Waals surface area (Å²) in [4.78, 5) is 30.0. The van der Waals surface area contributed by atoms with Gasteiger partial charge in [-0.25, -0.2) is 0 Å². The fourth-order valence-electron chi connectivity index (χ4n) is 2.44. The number of carbonyl (C=O) groups is 2. The minimum Gasteiger partial charge on any atom is -0.372 e. The summed E-state index contributed by atoms with van der Waals surface area (Å²) in [6.07, 6.45) is 3.77. The number of ether oxygens (including phenoxy) is 1. The first kappa shape index (κ1) is 15.4. The number of rotatable bonds is 4. The van der Waals surface area contributed by atoms with E-state index in [2.05, 4.69) is 10.3 Å². The predicted octanol–water partition coefficient (Wildman–Crippen LogP) is 1.36. The van der Waals surface area contributed by atoms with Crippen LogP contribution in [0.3, 0.4) is 0 Å². The molecule has 114 valence electrons. The Balaban J connectivity index is 1.96. The van der Waals surface area contributed by atoms with E-state index in [1.807, 2.05) is 6.92 Å². The highest BCUT2D eigenvalue weighted by Crippen LogP contribution is 2.14. The lowest BCUT2D eigenvalue weighted by Crippen LogP contribution is -2.43. The topological polar surface area (TPSA) is 71.5 Å².